The summed E-state index contributed by atoms with van der Waals surface area (Å²) >= 11 is 0. The second kappa shape index (κ2) is 4.56. The van der Waals surface area contributed by atoms with Gasteiger partial charge in [-0.05, 0) is 43.6 Å². The van der Waals surface area contributed by atoms with Crippen molar-refractivity contribution in [3.63, 3.8) is 0 Å². The summed E-state index contributed by atoms with van der Waals surface area (Å²) in [5, 5.41) is 9.15. The van der Waals surface area contributed by atoms with E-state index in [2.05, 4.69) is 0 Å². The molecule has 1 aromatic carbocycles. The first kappa shape index (κ1) is 12.2. The first-order valence-corrected chi connectivity index (χ1v) is 5.58. The number of hydrogen-bond acceptors (Lipinski definition) is 2. The Balaban J connectivity index is 2.25. The van der Waals surface area contributed by atoms with Crippen molar-refractivity contribution < 1.29 is 18.3 Å². The number of phenolic OH excluding ortho intramolecular Hbond substituents is 1. The molecular weight excluding hydrogens is 231 g/mol. The third kappa shape index (κ3) is 2.91. The Labute approximate surface area is 97.7 Å². The molecular formula is C12H14F3NO. The molecule has 0 aliphatic carbocycles. The van der Waals surface area contributed by atoms with Crippen LogP contribution in [0.2, 0.25) is 0 Å². The lowest BCUT2D eigenvalue weighted by atomic mass is 10.1. The lowest BCUT2D eigenvalue weighted by molar-refractivity contribution is -0.138. The molecule has 1 aromatic rings. The van der Waals surface area contributed by atoms with E-state index in [1.165, 1.54) is 12.1 Å². The average Bonchev–Trinajstić information content (AvgIpc) is 2.72. The van der Waals surface area contributed by atoms with Gasteiger partial charge >= 0.3 is 6.18 Å². The first-order chi connectivity index (χ1) is 7.97. The van der Waals surface area contributed by atoms with Gasteiger partial charge in [0.25, 0.3) is 0 Å². The van der Waals surface area contributed by atoms with Crippen molar-refractivity contribution in [2.24, 2.45) is 0 Å². The molecule has 17 heavy (non-hydrogen) atoms. The highest BCUT2D eigenvalue weighted by Crippen LogP contribution is 2.34. The summed E-state index contributed by atoms with van der Waals surface area (Å²) in [6.45, 7) is 1.99. The van der Waals surface area contributed by atoms with E-state index in [1.807, 2.05) is 4.90 Å². The van der Waals surface area contributed by atoms with E-state index in [1.54, 1.807) is 0 Å². The van der Waals surface area contributed by atoms with Crippen molar-refractivity contribution in [3.8, 4) is 5.75 Å². The van der Waals surface area contributed by atoms with Crippen LogP contribution < -0.4 is 0 Å². The van der Waals surface area contributed by atoms with Crippen molar-refractivity contribution in [3.05, 3.63) is 29.3 Å². The molecule has 0 spiro atoms. The van der Waals surface area contributed by atoms with E-state index < -0.39 is 11.7 Å². The minimum absolute atomic E-state index is 0.234. The number of aromatic hydroxyl groups is 1. The zero-order chi connectivity index (χ0) is 12.5. The molecule has 0 bridgehead atoms. The van der Waals surface area contributed by atoms with Gasteiger partial charge in [0.15, 0.2) is 0 Å². The number of nitrogens with zero attached hydrogens (tertiary/aromatic N) is 1. The Hall–Kier alpha value is -1.23. The van der Waals surface area contributed by atoms with Gasteiger partial charge < -0.3 is 5.11 Å². The van der Waals surface area contributed by atoms with Gasteiger partial charge in [-0.1, -0.05) is 6.07 Å². The monoisotopic (exact) mass is 245 g/mol. The largest absolute Gasteiger partial charge is 0.508 e. The van der Waals surface area contributed by atoms with Crippen LogP contribution in [0.5, 0.6) is 5.75 Å². The fourth-order valence-electron chi connectivity index (χ4n) is 2.15. The lowest BCUT2D eigenvalue weighted by Gasteiger charge is -2.18. The number of phenols is 1. The Bertz CT molecular complexity index is 397. The number of benzene rings is 1. The number of likely N-dealkylation sites (tertiary alicyclic amines) is 1. The van der Waals surface area contributed by atoms with Gasteiger partial charge in [0, 0.05) is 6.54 Å². The molecule has 0 unspecified atom stereocenters. The zero-order valence-electron chi connectivity index (χ0n) is 9.30. The topological polar surface area (TPSA) is 23.5 Å². The van der Waals surface area contributed by atoms with Gasteiger partial charge in [0.2, 0.25) is 0 Å². The van der Waals surface area contributed by atoms with E-state index in [9.17, 15) is 13.2 Å². The minimum Gasteiger partial charge on any atom is -0.508 e. The molecule has 1 N–H and O–H groups in total. The third-order valence-electron chi connectivity index (χ3n) is 2.99. The first-order valence-electron chi connectivity index (χ1n) is 5.58. The molecule has 1 aliphatic heterocycles. The van der Waals surface area contributed by atoms with Crippen LogP contribution in [0, 0.1) is 0 Å². The number of alkyl halides is 3. The van der Waals surface area contributed by atoms with Crippen molar-refractivity contribution in [2.75, 3.05) is 13.1 Å². The van der Waals surface area contributed by atoms with Crippen LogP contribution >= 0.6 is 0 Å². The molecule has 2 rings (SSSR count). The highest BCUT2D eigenvalue weighted by molar-refractivity contribution is 5.36. The molecule has 1 aliphatic rings. The highest BCUT2D eigenvalue weighted by atomic mass is 19.4. The van der Waals surface area contributed by atoms with Gasteiger partial charge in [-0.25, -0.2) is 0 Å². The SMILES string of the molecule is Oc1ccc(CN2CCCC2)c(C(F)(F)F)c1. The van der Waals surface area contributed by atoms with Crippen molar-refractivity contribution in [1.82, 2.24) is 4.90 Å². The highest BCUT2D eigenvalue weighted by Gasteiger charge is 2.34. The van der Waals surface area contributed by atoms with Crippen molar-refractivity contribution >= 4 is 0 Å². The number of hydrogen-bond donors (Lipinski definition) is 1. The smallest absolute Gasteiger partial charge is 0.416 e. The Kier molecular flexibility index (Phi) is 3.28. The number of rotatable bonds is 2. The van der Waals surface area contributed by atoms with E-state index in [-0.39, 0.29) is 11.3 Å². The summed E-state index contributed by atoms with van der Waals surface area (Å²) in [7, 11) is 0. The van der Waals surface area contributed by atoms with Crippen LogP contribution in [0.4, 0.5) is 13.2 Å². The van der Waals surface area contributed by atoms with Gasteiger partial charge in [0.05, 0.1) is 5.56 Å². The van der Waals surface area contributed by atoms with Gasteiger partial charge in [0.1, 0.15) is 5.75 Å². The Morgan fingerprint density at radius 2 is 1.82 bits per heavy atom. The summed E-state index contributed by atoms with van der Waals surface area (Å²) < 4.78 is 38.3. The summed E-state index contributed by atoms with van der Waals surface area (Å²) in [6, 6.07) is 3.46. The summed E-state index contributed by atoms with van der Waals surface area (Å²) in [4.78, 5) is 2.00. The standard InChI is InChI=1S/C12H14F3NO/c13-12(14,15)11-7-10(17)4-3-9(11)8-16-5-1-2-6-16/h3-4,7,17H,1-2,5-6,8H2. The maximum atomic E-state index is 12.8. The summed E-state index contributed by atoms with van der Waals surface area (Å²) in [5.41, 5.74) is -0.499. The normalized spacial score (nSPS) is 17.6. The lowest BCUT2D eigenvalue weighted by Crippen LogP contribution is -2.21. The van der Waals surface area contributed by atoms with Crippen molar-refractivity contribution in [2.45, 2.75) is 25.6 Å². The summed E-state index contributed by atoms with van der Waals surface area (Å²) in [5.74, 6) is -0.345. The molecule has 5 heteroatoms. The molecule has 0 amide bonds. The summed E-state index contributed by atoms with van der Waals surface area (Å²) in [6.07, 6.45) is -2.33. The molecule has 2 nitrogen and oxygen atoms in total. The maximum absolute atomic E-state index is 12.8. The van der Waals surface area contributed by atoms with Gasteiger partial charge in [-0.2, -0.15) is 13.2 Å². The van der Waals surface area contributed by atoms with Crippen LogP contribution in [-0.4, -0.2) is 23.1 Å². The van der Waals surface area contributed by atoms with Gasteiger partial charge in [-0.15, -0.1) is 0 Å². The average molecular weight is 245 g/mol. The predicted octanol–water partition coefficient (Wildman–Crippen LogP) is 3.01. The van der Waals surface area contributed by atoms with Crippen LogP contribution in [-0.2, 0) is 12.7 Å². The second-order valence-electron chi connectivity index (χ2n) is 4.32. The van der Waals surface area contributed by atoms with Gasteiger partial charge in [-0.3, -0.25) is 4.90 Å². The van der Waals surface area contributed by atoms with E-state index >= 15 is 0 Å². The molecule has 0 radical (unpaired) electrons. The van der Waals surface area contributed by atoms with Crippen molar-refractivity contribution in [1.29, 1.82) is 0 Å². The van der Waals surface area contributed by atoms with Crippen LogP contribution in [0.1, 0.15) is 24.0 Å². The van der Waals surface area contributed by atoms with E-state index in [0.29, 0.717) is 6.54 Å². The quantitative estimate of drug-likeness (QED) is 0.865. The Morgan fingerprint density at radius 1 is 1.18 bits per heavy atom. The molecule has 1 heterocycles. The maximum Gasteiger partial charge on any atom is 0.416 e. The fraction of sp³-hybridized carbons (Fsp3) is 0.500. The molecule has 1 saturated heterocycles. The predicted molar refractivity (Wildman–Crippen MR) is 57.6 cm³/mol. The molecule has 0 saturated carbocycles. The minimum atomic E-state index is -4.41. The zero-order valence-corrected chi connectivity index (χ0v) is 9.30. The molecule has 0 atom stereocenters. The van der Waals surface area contributed by atoms with Crippen LogP contribution in [0.3, 0.4) is 0 Å². The molecule has 94 valence electrons. The van der Waals surface area contributed by atoms with E-state index in [0.717, 1.165) is 32.0 Å². The van der Waals surface area contributed by atoms with Crippen LogP contribution in [0.25, 0.3) is 0 Å². The van der Waals surface area contributed by atoms with Crippen LogP contribution in [0.15, 0.2) is 18.2 Å². The van der Waals surface area contributed by atoms with E-state index in [4.69, 9.17) is 5.11 Å². The molecule has 0 aromatic heterocycles. The Morgan fingerprint density at radius 3 is 2.41 bits per heavy atom. The second-order valence-corrected chi connectivity index (χ2v) is 4.32. The fourth-order valence-corrected chi connectivity index (χ4v) is 2.15. The number of halogens is 3. The molecule has 1 fully saturated rings. The third-order valence-corrected chi connectivity index (χ3v) is 2.99.